The van der Waals surface area contributed by atoms with E-state index in [9.17, 15) is 0 Å². The standard InChI is InChI=1S/C12H12Cl2N4/c1-2-15-11-6-12(17-7-16-11)18-10-5-8(13)3-4-9(10)14/h3-7H,2H2,1H3,(H2,15,16,17,18). The van der Waals surface area contributed by atoms with E-state index in [4.69, 9.17) is 23.2 Å². The molecule has 6 heteroatoms. The summed E-state index contributed by atoms with van der Waals surface area (Å²) >= 11 is 12.0. The number of benzene rings is 1. The zero-order chi connectivity index (χ0) is 13.0. The van der Waals surface area contributed by atoms with Gasteiger partial charge in [0.1, 0.15) is 18.0 Å². The molecule has 1 aromatic heterocycles. The van der Waals surface area contributed by atoms with Crippen LogP contribution in [0.2, 0.25) is 10.0 Å². The second-order valence-electron chi connectivity index (χ2n) is 3.57. The summed E-state index contributed by atoms with van der Waals surface area (Å²) in [4.78, 5) is 8.21. The van der Waals surface area contributed by atoms with Gasteiger partial charge in [0.15, 0.2) is 0 Å². The van der Waals surface area contributed by atoms with Crippen molar-refractivity contribution in [2.24, 2.45) is 0 Å². The minimum Gasteiger partial charge on any atom is -0.370 e. The number of hydrogen-bond acceptors (Lipinski definition) is 4. The van der Waals surface area contributed by atoms with E-state index >= 15 is 0 Å². The van der Waals surface area contributed by atoms with E-state index in [1.165, 1.54) is 6.33 Å². The Balaban J connectivity index is 2.22. The predicted octanol–water partition coefficient (Wildman–Crippen LogP) is 3.96. The summed E-state index contributed by atoms with van der Waals surface area (Å²) in [6.07, 6.45) is 1.48. The lowest BCUT2D eigenvalue weighted by molar-refractivity contribution is 1.11. The van der Waals surface area contributed by atoms with Crippen LogP contribution in [-0.2, 0) is 0 Å². The molecule has 0 aliphatic heterocycles. The Kier molecular flexibility index (Phi) is 4.23. The Morgan fingerprint density at radius 3 is 2.67 bits per heavy atom. The van der Waals surface area contributed by atoms with Crippen LogP contribution in [0.4, 0.5) is 17.3 Å². The van der Waals surface area contributed by atoms with Crippen molar-refractivity contribution in [2.45, 2.75) is 6.92 Å². The van der Waals surface area contributed by atoms with Crippen molar-refractivity contribution in [3.8, 4) is 0 Å². The first-order valence-corrected chi connectivity index (χ1v) is 6.22. The van der Waals surface area contributed by atoms with Crippen molar-refractivity contribution < 1.29 is 0 Å². The minimum absolute atomic E-state index is 0.586. The predicted molar refractivity (Wildman–Crippen MR) is 75.9 cm³/mol. The fourth-order valence-corrected chi connectivity index (χ4v) is 1.77. The van der Waals surface area contributed by atoms with E-state index < -0.39 is 0 Å². The zero-order valence-corrected chi connectivity index (χ0v) is 11.3. The number of nitrogens with one attached hydrogen (secondary N) is 2. The van der Waals surface area contributed by atoms with Crippen molar-refractivity contribution >= 4 is 40.5 Å². The Morgan fingerprint density at radius 1 is 1.11 bits per heavy atom. The van der Waals surface area contributed by atoms with Gasteiger partial charge < -0.3 is 10.6 Å². The third kappa shape index (κ3) is 3.24. The molecule has 0 radical (unpaired) electrons. The fourth-order valence-electron chi connectivity index (χ4n) is 1.43. The third-order valence-corrected chi connectivity index (χ3v) is 2.78. The summed E-state index contributed by atoms with van der Waals surface area (Å²) in [5.41, 5.74) is 0.713. The summed E-state index contributed by atoms with van der Waals surface area (Å²) in [6, 6.07) is 7.03. The highest BCUT2D eigenvalue weighted by molar-refractivity contribution is 6.35. The fraction of sp³-hybridized carbons (Fsp3) is 0.167. The summed E-state index contributed by atoms with van der Waals surface area (Å²) in [5, 5.41) is 7.41. The van der Waals surface area contributed by atoms with Gasteiger partial charge >= 0.3 is 0 Å². The van der Waals surface area contributed by atoms with Crippen LogP contribution in [-0.4, -0.2) is 16.5 Å². The molecule has 4 nitrogen and oxygen atoms in total. The van der Waals surface area contributed by atoms with Gasteiger partial charge in [-0.15, -0.1) is 0 Å². The lowest BCUT2D eigenvalue weighted by Gasteiger charge is -2.09. The molecule has 0 spiro atoms. The number of halogens is 2. The zero-order valence-electron chi connectivity index (χ0n) is 9.74. The van der Waals surface area contributed by atoms with Crippen LogP contribution in [0.5, 0.6) is 0 Å². The molecule has 0 fully saturated rings. The van der Waals surface area contributed by atoms with Crippen molar-refractivity contribution in [2.75, 3.05) is 17.2 Å². The van der Waals surface area contributed by atoms with Gasteiger partial charge in [-0.25, -0.2) is 9.97 Å². The van der Waals surface area contributed by atoms with Crippen molar-refractivity contribution in [3.63, 3.8) is 0 Å². The molecule has 0 saturated carbocycles. The topological polar surface area (TPSA) is 49.8 Å². The van der Waals surface area contributed by atoms with Gasteiger partial charge in [-0.1, -0.05) is 23.2 Å². The first-order valence-electron chi connectivity index (χ1n) is 5.47. The summed E-state index contributed by atoms with van der Waals surface area (Å²) < 4.78 is 0. The maximum Gasteiger partial charge on any atom is 0.135 e. The molecule has 0 aliphatic carbocycles. The Hall–Kier alpha value is -1.52. The largest absolute Gasteiger partial charge is 0.370 e. The highest BCUT2D eigenvalue weighted by Gasteiger charge is 2.03. The van der Waals surface area contributed by atoms with E-state index in [0.29, 0.717) is 21.6 Å². The first kappa shape index (κ1) is 12.9. The Labute approximate surface area is 115 Å². The average Bonchev–Trinajstić information content (AvgIpc) is 2.35. The maximum atomic E-state index is 6.07. The Bertz CT molecular complexity index is 545. The van der Waals surface area contributed by atoms with Crippen LogP contribution >= 0.6 is 23.2 Å². The molecule has 1 aromatic carbocycles. The summed E-state index contributed by atoms with van der Waals surface area (Å²) in [7, 11) is 0. The van der Waals surface area contributed by atoms with Crippen LogP contribution in [0.25, 0.3) is 0 Å². The van der Waals surface area contributed by atoms with Gasteiger partial charge in [-0.3, -0.25) is 0 Å². The molecule has 18 heavy (non-hydrogen) atoms. The van der Waals surface area contributed by atoms with Crippen LogP contribution < -0.4 is 10.6 Å². The molecule has 2 rings (SSSR count). The lowest BCUT2D eigenvalue weighted by atomic mass is 10.3. The molecule has 1 heterocycles. The van der Waals surface area contributed by atoms with Gasteiger partial charge in [-0.2, -0.15) is 0 Å². The molecule has 0 bridgehead atoms. The molecular weight excluding hydrogens is 271 g/mol. The highest BCUT2D eigenvalue weighted by atomic mass is 35.5. The van der Waals surface area contributed by atoms with E-state index in [2.05, 4.69) is 20.6 Å². The summed E-state index contributed by atoms with van der Waals surface area (Å²) in [5.74, 6) is 1.42. The molecule has 2 aromatic rings. The number of hydrogen-bond donors (Lipinski definition) is 2. The molecule has 0 aliphatic rings. The van der Waals surface area contributed by atoms with Crippen LogP contribution in [0.1, 0.15) is 6.92 Å². The molecule has 0 amide bonds. The van der Waals surface area contributed by atoms with Gasteiger partial charge in [-0.05, 0) is 25.1 Å². The minimum atomic E-state index is 0.586. The number of aromatic nitrogens is 2. The molecular formula is C12H12Cl2N4. The van der Waals surface area contributed by atoms with E-state index in [0.717, 1.165) is 12.4 Å². The van der Waals surface area contributed by atoms with Crippen molar-refractivity contribution in [1.29, 1.82) is 0 Å². The molecule has 0 atom stereocenters. The first-order chi connectivity index (χ1) is 8.69. The van der Waals surface area contributed by atoms with Crippen molar-refractivity contribution in [3.05, 3.63) is 40.6 Å². The Morgan fingerprint density at radius 2 is 1.89 bits per heavy atom. The second-order valence-corrected chi connectivity index (χ2v) is 4.41. The normalized spacial score (nSPS) is 10.2. The summed E-state index contributed by atoms with van der Waals surface area (Å²) in [6.45, 7) is 2.80. The maximum absolute atomic E-state index is 6.07. The molecule has 94 valence electrons. The van der Waals surface area contributed by atoms with Gasteiger partial charge in [0, 0.05) is 17.6 Å². The van der Waals surface area contributed by atoms with E-state index in [1.54, 1.807) is 24.3 Å². The van der Waals surface area contributed by atoms with Gasteiger partial charge in [0.25, 0.3) is 0 Å². The van der Waals surface area contributed by atoms with Crippen LogP contribution in [0, 0.1) is 0 Å². The van der Waals surface area contributed by atoms with Crippen molar-refractivity contribution in [1.82, 2.24) is 9.97 Å². The lowest BCUT2D eigenvalue weighted by Crippen LogP contribution is -2.01. The highest BCUT2D eigenvalue weighted by Crippen LogP contribution is 2.28. The molecule has 0 saturated heterocycles. The smallest absolute Gasteiger partial charge is 0.135 e. The van der Waals surface area contributed by atoms with E-state index in [-0.39, 0.29) is 0 Å². The second kappa shape index (κ2) is 5.89. The monoisotopic (exact) mass is 282 g/mol. The molecule has 0 unspecified atom stereocenters. The third-order valence-electron chi connectivity index (χ3n) is 2.22. The SMILES string of the molecule is CCNc1cc(Nc2cc(Cl)ccc2Cl)ncn1. The van der Waals surface area contributed by atoms with E-state index in [1.807, 2.05) is 6.92 Å². The van der Waals surface area contributed by atoms with Crippen LogP contribution in [0.3, 0.4) is 0 Å². The quantitative estimate of drug-likeness (QED) is 0.891. The number of nitrogens with zero attached hydrogens (tertiary/aromatic N) is 2. The number of anilines is 3. The van der Waals surface area contributed by atoms with Crippen LogP contribution in [0.15, 0.2) is 30.6 Å². The van der Waals surface area contributed by atoms with Gasteiger partial charge in [0.2, 0.25) is 0 Å². The average molecular weight is 283 g/mol. The molecule has 2 N–H and O–H groups in total. The number of rotatable bonds is 4. The van der Waals surface area contributed by atoms with Gasteiger partial charge in [0.05, 0.1) is 10.7 Å².